The van der Waals surface area contributed by atoms with Gasteiger partial charge in [-0.3, -0.25) is 4.79 Å². The molecule has 1 aliphatic rings. The summed E-state index contributed by atoms with van der Waals surface area (Å²) in [5.41, 5.74) is 7.36. The van der Waals surface area contributed by atoms with Crippen LogP contribution in [0.2, 0.25) is 0 Å². The van der Waals surface area contributed by atoms with E-state index in [9.17, 15) is 4.79 Å². The van der Waals surface area contributed by atoms with Gasteiger partial charge in [-0.05, 0) is 50.7 Å². The summed E-state index contributed by atoms with van der Waals surface area (Å²) in [7, 11) is 1.61. The Morgan fingerprint density at radius 1 is 1.40 bits per heavy atom. The van der Waals surface area contributed by atoms with Gasteiger partial charge in [0.25, 0.3) is 0 Å². The molecule has 3 heteroatoms. The SMILES string of the molecule is COc1ccc(C)cc1C(=O)C1(CN)CCC(C)CC1. The molecule has 0 bridgehead atoms. The van der Waals surface area contributed by atoms with Crippen LogP contribution < -0.4 is 10.5 Å². The monoisotopic (exact) mass is 275 g/mol. The molecule has 1 aromatic carbocycles. The number of carbonyl (C=O) groups excluding carboxylic acids is 1. The largest absolute Gasteiger partial charge is 0.496 e. The number of ketones is 1. The summed E-state index contributed by atoms with van der Waals surface area (Å²) < 4.78 is 5.36. The van der Waals surface area contributed by atoms with Crippen LogP contribution in [-0.4, -0.2) is 19.4 Å². The maximum absolute atomic E-state index is 13.0. The van der Waals surface area contributed by atoms with Crippen molar-refractivity contribution in [2.24, 2.45) is 17.1 Å². The molecule has 3 nitrogen and oxygen atoms in total. The Bertz CT molecular complexity index is 488. The molecule has 0 aliphatic heterocycles. The zero-order valence-electron chi connectivity index (χ0n) is 12.7. The Kier molecular flexibility index (Phi) is 4.48. The van der Waals surface area contributed by atoms with Crippen LogP contribution in [0.1, 0.15) is 48.5 Å². The van der Waals surface area contributed by atoms with Crippen LogP contribution in [0.15, 0.2) is 18.2 Å². The lowest BCUT2D eigenvalue weighted by Gasteiger charge is -2.37. The van der Waals surface area contributed by atoms with Gasteiger partial charge in [0, 0.05) is 12.0 Å². The Hall–Kier alpha value is -1.35. The molecule has 1 saturated carbocycles. The smallest absolute Gasteiger partial charge is 0.173 e. The van der Waals surface area contributed by atoms with Crippen molar-refractivity contribution in [3.63, 3.8) is 0 Å². The zero-order chi connectivity index (χ0) is 14.8. The first kappa shape index (κ1) is 15.0. The van der Waals surface area contributed by atoms with E-state index in [-0.39, 0.29) is 5.78 Å². The summed E-state index contributed by atoms with van der Waals surface area (Å²) in [4.78, 5) is 13.0. The molecule has 20 heavy (non-hydrogen) atoms. The number of hydrogen-bond acceptors (Lipinski definition) is 3. The Balaban J connectivity index is 2.36. The van der Waals surface area contributed by atoms with Gasteiger partial charge in [-0.2, -0.15) is 0 Å². The molecule has 0 atom stereocenters. The molecule has 2 rings (SSSR count). The van der Waals surface area contributed by atoms with Gasteiger partial charge in [0.05, 0.1) is 12.7 Å². The zero-order valence-corrected chi connectivity index (χ0v) is 12.7. The molecule has 0 amide bonds. The molecule has 0 spiro atoms. The summed E-state index contributed by atoms with van der Waals surface area (Å²) in [5, 5.41) is 0. The van der Waals surface area contributed by atoms with Crippen LogP contribution >= 0.6 is 0 Å². The van der Waals surface area contributed by atoms with Crippen molar-refractivity contribution >= 4 is 5.78 Å². The third-order valence-corrected chi connectivity index (χ3v) is 4.70. The Morgan fingerprint density at radius 3 is 2.60 bits per heavy atom. The minimum atomic E-state index is -0.395. The predicted molar refractivity (Wildman–Crippen MR) is 81.2 cm³/mol. The highest BCUT2D eigenvalue weighted by molar-refractivity contribution is 6.03. The highest BCUT2D eigenvalue weighted by Gasteiger charge is 2.41. The fourth-order valence-electron chi connectivity index (χ4n) is 3.12. The number of ether oxygens (including phenoxy) is 1. The second kappa shape index (κ2) is 5.96. The first-order chi connectivity index (χ1) is 9.52. The number of Topliss-reactive ketones (excluding diaryl/α,β-unsaturated/α-hetero) is 1. The van der Waals surface area contributed by atoms with E-state index in [1.54, 1.807) is 7.11 Å². The molecule has 0 unspecified atom stereocenters. The van der Waals surface area contributed by atoms with Crippen molar-refractivity contribution in [1.82, 2.24) is 0 Å². The van der Waals surface area contributed by atoms with E-state index in [4.69, 9.17) is 10.5 Å². The van der Waals surface area contributed by atoms with Crippen LogP contribution in [0.3, 0.4) is 0 Å². The quantitative estimate of drug-likeness (QED) is 0.857. The van der Waals surface area contributed by atoms with Crippen LogP contribution in [-0.2, 0) is 0 Å². The third-order valence-electron chi connectivity index (χ3n) is 4.70. The van der Waals surface area contributed by atoms with Gasteiger partial charge >= 0.3 is 0 Å². The van der Waals surface area contributed by atoms with E-state index >= 15 is 0 Å². The van der Waals surface area contributed by atoms with Crippen molar-refractivity contribution in [2.75, 3.05) is 13.7 Å². The number of methoxy groups -OCH3 is 1. The highest BCUT2D eigenvalue weighted by Crippen LogP contribution is 2.42. The van der Waals surface area contributed by atoms with Crippen molar-refractivity contribution in [2.45, 2.75) is 39.5 Å². The summed E-state index contributed by atoms with van der Waals surface area (Å²) in [6.07, 6.45) is 3.94. The number of aryl methyl sites for hydroxylation is 1. The van der Waals surface area contributed by atoms with Gasteiger partial charge in [0.1, 0.15) is 5.75 Å². The van der Waals surface area contributed by atoms with E-state index in [0.717, 1.165) is 31.2 Å². The molecule has 110 valence electrons. The van der Waals surface area contributed by atoms with E-state index in [2.05, 4.69) is 6.92 Å². The average molecular weight is 275 g/mol. The fraction of sp³-hybridized carbons (Fsp3) is 0.588. The van der Waals surface area contributed by atoms with Crippen LogP contribution in [0.25, 0.3) is 0 Å². The van der Waals surface area contributed by atoms with E-state index in [1.807, 2.05) is 25.1 Å². The second-order valence-corrected chi connectivity index (χ2v) is 6.20. The fourth-order valence-corrected chi connectivity index (χ4v) is 3.12. The van der Waals surface area contributed by atoms with Crippen molar-refractivity contribution < 1.29 is 9.53 Å². The van der Waals surface area contributed by atoms with Crippen molar-refractivity contribution in [1.29, 1.82) is 0 Å². The minimum absolute atomic E-state index is 0.160. The molecule has 0 aromatic heterocycles. The first-order valence-corrected chi connectivity index (χ1v) is 7.42. The Labute approximate surface area is 121 Å². The Morgan fingerprint density at radius 2 is 2.05 bits per heavy atom. The number of nitrogens with two attached hydrogens (primary N) is 1. The molecule has 0 radical (unpaired) electrons. The van der Waals surface area contributed by atoms with Gasteiger partial charge in [-0.15, -0.1) is 0 Å². The topological polar surface area (TPSA) is 52.3 Å². The van der Waals surface area contributed by atoms with Gasteiger partial charge in [0.2, 0.25) is 0 Å². The lowest BCUT2D eigenvalue weighted by Crippen LogP contribution is -2.41. The standard InChI is InChI=1S/C17H25NO2/c1-12-6-8-17(11-18,9-7-12)16(19)14-10-13(2)4-5-15(14)20-3/h4-5,10,12H,6-9,11,18H2,1-3H3. The molecule has 2 N–H and O–H groups in total. The van der Waals surface area contributed by atoms with Gasteiger partial charge < -0.3 is 10.5 Å². The van der Waals surface area contributed by atoms with Crippen molar-refractivity contribution in [3.05, 3.63) is 29.3 Å². The van der Waals surface area contributed by atoms with E-state index in [1.165, 1.54) is 0 Å². The molecule has 0 saturated heterocycles. The van der Waals surface area contributed by atoms with E-state index < -0.39 is 5.41 Å². The maximum atomic E-state index is 13.0. The summed E-state index contributed by atoms with van der Waals surface area (Å²) in [6, 6.07) is 5.77. The summed E-state index contributed by atoms with van der Waals surface area (Å²) >= 11 is 0. The number of benzene rings is 1. The number of hydrogen-bond donors (Lipinski definition) is 1. The summed E-state index contributed by atoms with van der Waals surface area (Å²) in [6.45, 7) is 4.67. The second-order valence-electron chi connectivity index (χ2n) is 6.20. The average Bonchev–Trinajstić information content (AvgIpc) is 2.47. The molecule has 1 aliphatic carbocycles. The van der Waals surface area contributed by atoms with Crippen molar-refractivity contribution in [3.8, 4) is 5.75 Å². The van der Waals surface area contributed by atoms with Gasteiger partial charge in [0.15, 0.2) is 5.78 Å². The normalized spacial score (nSPS) is 26.3. The summed E-state index contributed by atoms with van der Waals surface area (Å²) in [5.74, 6) is 1.52. The van der Waals surface area contributed by atoms with Crippen LogP contribution in [0, 0.1) is 18.3 Å². The molecule has 1 fully saturated rings. The molecule has 1 aromatic rings. The van der Waals surface area contributed by atoms with Crippen LogP contribution in [0.5, 0.6) is 5.75 Å². The maximum Gasteiger partial charge on any atom is 0.173 e. The molecular weight excluding hydrogens is 250 g/mol. The predicted octanol–water partition coefficient (Wildman–Crippen LogP) is 3.34. The lowest BCUT2D eigenvalue weighted by atomic mass is 9.67. The number of rotatable bonds is 4. The van der Waals surface area contributed by atoms with E-state index in [0.29, 0.717) is 23.8 Å². The van der Waals surface area contributed by atoms with Gasteiger partial charge in [-0.1, -0.05) is 18.6 Å². The highest BCUT2D eigenvalue weighted by atomic mass is 16.5. The van der Waals surface area contributed by atoms with Gasteiger partial charge in [-0.25, -0.2) is 0 Å². The van der Waals surface area contributed by atoms with Crippen LogP contribution in [0.4, 0.5) is 0 Å². The number of carbonyl (C=O) groups is 1. The third kappa shape index (κ3) is 2.73. The molecule has 0 heterocycles. The molecular formula is C17H25NO2. The lowest BCUT2D eigenvalue weighted by molar-refractivity contribution is 0.0692. The minimum Gasteiger partial charge on any atom is -0.496 e. The first-order valence-electron chi connectivity index (χ1n) is 7.42.